The van der Waals surface area contributed by atoms with Crippen LogP contribution in [0.25, 0.3) is 0 Å². The Balaban J connectivity index is 2.39. The van der Waals surface area contributed by atoms with Crippen molar-refractivity contribution in [3.63, 3.8) is 0 Å². The van der Waals surface area contributed by atoms with Gasteiger partial charge in [-0.2, -0.15) is 4.89 Å². The van der Waals surface area contributed by atoms with Crippen molar-refractivity contribution in [2.75, 3.05) is 7.11 Å². The maximum Gasteiger partial charge on any atom is 0.220 e. The molecule has 0 radical (unpaired) electrons. The van der Waals surface area contributed by atoms with Gasteiger partial charge in [0.15, 0.2) is 0 Å². The van der Waals surface area contributed by atoms with Gasteiger partial charge in [0.05, 0.1) is 0 Å². The summed E-state index contributed by atoms with van der Waals surface area (Å²) < 4.78 is 5.42. The Labute approximate surface area is 105 Å². The van der Waals surface area contributed by atoms with Crippen LogP contribution < -0.4 is 0 Å². The molecule has 0 amide bonds. The van der Waals surface area contributed by atoms with Gasteiger partial charge in [-0.3, -0.25) is 0 Å². The summed E-state index contributed by atoms with van der Waals surface area (Å²) in [6, 6.07) is 0. The summed E-state index contributed by atoms with van der Waals surface area (Å²) >= 11 is 0. The Morgan fingerprint density at radius 2 is 1.94 bits per heavy atom. The Morgan fingerprint density at radius 1 is 1.18 bits per heavy atom. The fourth-order valence-corrected chi connectivity index (χ4v) is 1.95. The van der Waals surface area contributed by atoms with Crippen molar-refractivity contribution in [2.45, 2.75) is 70.7 Å². The van der Waals surface area contributed by atoms with E-state index in [4.69, 9.17) is 14.5 Å². The van der Waals surface area contributed by atoms with E-state index in [9.17, 15) is 0 Å². The number of methoxy groups -OCH3 is 1. The zero-order valence-electron chi connectivity index (χ0n) is 11.4. The zero-order valence-corrected chi connectivity index (χ0v) is 11.4. The van der Waals surface area contributed by atoms with Gasteiger partial charge in [-0.15, -0.1) is 0 Å². The molecule has 0 saturated carbocycles. The van der Waals surface area contributed by atoms with Gasteiger partial charge >= 0.3 is 0 Å². The third-order valence-electron chi connectivity index (χ3n) is 3.19. The first-order valence-electron chi connectivity index (χ1n) is 6.85. The van der Waals surface area contributed by atoms with Crippen LogP contribution in [0.15, 0.2) is 12.2 Å². The normalized spacial score (nSPS) is 28.5. The van der Waals surface area contributed by atoms with E-state index in [0.29, 0.717) is 0 Å². The minimum Gasteiger partial charge on any atom is -0.348 e. The van der Waals surface area contributed by atoms with Gasteiger partial charge in [0.1, 0.15) is 6.10 Å². The molecule has 2 atom stereocenters. The molecule has 0 aromatic carbocycles. The lowest BCUT2D eigenvalue weighted by Gasteiger charge is -2.33. The fourth-order valence-electron chi connectivity index (χ4n) is 1.95. The highest BCUT2D eigenvalue weighted by Gasteiger charge is 2.33. The van der Waals surface area contributed by atoms with Crippen LogP contribution in [0.3, 0.4) is 0 Å². The lowest BCUT2D eigenvalue weighted by molar-refractivity contribution is -0.429. The molecule has 0 bridgehead atoms. The van der Waals surface area contributed by atoms with Crippen LogP contribution in [0.4, 0.5) is 0 Å². The number of hydrogen-bond acceptors (Lipinski definition) is 3. The van der Waals surface area contributed by atoms with Crippen molar-refractivity contribution < 1.29 is 14.5 Å². The molecule has 0 fully saturated rings. The number of ether oxygens (including phenoxy) is 1. The Kier molecular flexibility index (Phi) is 6.78. The largest absolute Gasteiger partial charge is 0.348 e. The first-order valence-corrected chi connectivity index (χ1v) is 6.85. The van der Waals surface area contributed by atoms with E-state index in [0.717, 1.165) is 25.7 Å². The second-order valence-corrected chi connectivity index (χ2v) is 4.69. The van der Waals surface area contributed by atoms with Gasteiger partial charge < -0.3 is 4.74 Å². The summed E-state index contributed by atoms with van der Waals surface area (Å²) in [5.74, 6) is -0.655. The molecule has 1 aliphatic heterocycles. The SMILES string of the molecule is CCCCC[C@H]1C=C[C@@](CCCC)(OC)OO1. The quantitative estimate of drug-likeness (QED) is 0.366. The third-order valence-corrected chi connectivity index (χ3v) is 3.19. The van der Waals surface area contributed by atoms with E-state index >= 15 is 0 Å². The van der Waals surface area contributed by atoms with Gasteiger partial charge in [-0.05, 0) is 18.9 Å². The summed E-state index contributed by atoms with van der Waals surface area (Å²) in [6.07, 6.45) is 11.9. The average Bonchev–Trinajstić information content (AvgIpc) is 2.38. The highest BCUT2D eigenvalue weighted by molar-refractivity contribution is 5.01. The third kappa shape index (κ3) is 4.78. The maximum absolute atomic E-state index is 5.45. The van der Waals surface area contributed by atoms with Crippen molar-refractivity contribution in [1.82, 2.24) is 0 Å². The second kappa shape index (κ2) is 7.85. The molecular formula is C14H26O3. The summed E-state index contributed by atoms with van der Waals surface area (Å²) in [5.41, 5.74) is 0. The van der Waals surface area contributed by atoms with Crippen molar-refractivity contribution >= 4 is 0 Å². The number of unbranched alkanes of at least 4 members (excludes halogenated alkanes) is 3. The van der Waals surface area contributed by atoms with Crippen LogP contribution in [-0.2, 0) is 14.5 Å². The van der Waals surface area contributed by atoms with Crippen LogP contribution in [0, 0.1) is 0 Å². The molecule has 0 unspecified atom stereocenters. The summed E-state index contributed by atoms with van der Waals surface area (Å²) in [4.78, 5) is 10.9. The minimum atomic E-state index is -0.655. The molecule has 0 aromatic rings. The van der Waals surface area contributed by atoms with Crippen LogP contribution >= 0.6 is 0 Å². The van der Waals surface area contributed by atoms with E-state index in [-0.39, 0.29) is 6.10 Å². The average molecular weight is 242 g/mol. The van der Waals surface area contributed by atoms with Crippen LogP contribution in [-0.4, -0.2) is 19.0 Å². The Bertz CT molecular complexity index is 228. The van der Waals surface area contributed by atoms with Gasteiger partial charge in [-0.1, -0.05) is 45.6 Å². The first kappa shape index (κ1) is 14.7. The van der Waals surface area contributed by atoms with Crippen molar-refractivity contribution in [3.8, 4) is 0 Å². The Hall–Kier alpha value is -0.380. The van der Waals surface area contributed by atoms with Gasteiger partial charge in [-0.25, -0.2) is 4.89 Å². The van der Waals surface area contributed by atoms with E-state index < -0.39 is 5.79 Å². The molecule has 100 valence electrons. The molecule has 0 saturated heterocycles. The summed E-state index contributed by atoms with van der Waals surface area (Å²) in [6.45, 7) is 4.36. The zero-order chi connectivity index (χ0) is 12.6. The maximum atomic E-state index is 5.45. The smallest absolute Gasteiger partial charge is 0.220 e. The predicted molar refractivity (Wildman–Crippen MR) is 68.5 cm³/mol. The lowest BCUT2D eigenvalue weighted by atomic mass is 10.0. The first-order chi connectivity index (χ1) is 8.26. The van der Waals surface area contributed by atoms with Crippen LogP contribution in [0.2, 0.25) is 0 Å². The molecule has 1 aliphatic rings. The molecule has 1 heterocycles. The van der Waals surface area contributed by atoms with Gasteiger partial charge in [0.2, 0.25) is 5.79 Å². The summed E-state index contributed by atoms with van der Waals surface area (Å²) in [5, 5.41) is 0. The highest BCUT2D eigenvalue weighted by Crippen LogP contribution is 2.28. The molecular weight excluding hydrogens is 216 g/mol. The number of hydrogen-bond donors (Lipinski definition) is 0. The summed E-state index contributed by atoms with van der Waals surface area (Å²) in [7, 11) is 1.67. The highest BCUT2D eigenvalue weighted by atomic mass is 17.2. The minimum absolute atomic E-state index is 0.0893. The van der Waals surface area contributed by atoms with Crippen LogP contribution in [0.1, 0.15) is 58.8 Å². The molecule has 1 rings (SSSR count). The fraction of sp³-hybridized carbons (Fsp3) is 0.857. The van der Waals surface area contributed by atoms with Crippen molar-refractivity contribution in [3.05, 3.63) is 12.2 Å². The molecule has 3 nitrogen and oxygen atoms in total. The predicted octanol–water partition coefficient (Wildman–Crippen LogP) is 3.99. The van der Waals surface area contributed by atoms with Gasteiger partial charge in [0, 0.05) is 13.5 Å². The molecule has 0 spiro atoms. The lowest BCUT2D eigenvalue weighted by Crippen LogP contribution is -2.37. The number of rotatable bonds is 8. The molecule has 0 aliphatic carbocycles. The Morgan fingerprint density at radius 3 is 2.47 bits per heavy atom. The standard InChI is InChI=1S/C14H26O3/c1-4-6-8-9-13-10-12-14(15-3,17-16-13)11-7-5-2/h10,12-13H,4-9,11H2,1-3H3/t13-,14-/m0/s1. The van der Waals surface area contributed by atoms with E-state index in [1.165, 1.54) is 19.3 Å². The van der Waals surface area contributed by atoms with E-state index in [1.807, 2.05) is 6.08 Å². The van der Waals surface area contributed by atoms with E-state index in [2.05, 4.69) is 19.9 Å². The molecule has 3 heteroatoms. The molecule has 0 aromatic heterocycles. The van der Waals surface area contributed by atoms with Crippen molar-refractivity contribution in [2.24, 2.45) is 0 Å². The van der Waals surface area contributed by atoms with E-state index in [1.54, 1.807) is 7.11 Å². The van der Waals surface area contributed by atoms with Gasteiger partial charge in [0.25, 0.3) is 0 Å². The molecule has 17 heavy (non-hydrogen) atoms. The molecule has 0 N–H and O–H groups in total. The topological polar surface area (TPSA) is 27.7 Å². The van der Waals surface area contributed by atoms with Crippen LogP contribution in [0.5, 0.6) is 0 Å². The monoisotopic (exact) mass is 242 g/mol. The van der Waals surface area contributed by atoms with Crippen molar-refractivity contribution in [1.29, 1.82) is 0 Å². The second-order valence-electron chi connectivity index (χ2n) is 4.69.